The topological polar surface area (TPSA) is 110 Å². The van der Waals surface area contributed by atoms with Crippen LogP contribution in [0.4, 0.5) is 5.69 Å². The number of rotatable bonds is 8. The molecule has 3 rings (SSSR count). The predicted molar refractivity (Wildman–Crippen MR) is 112 cm³/mol. The highest BCUT2D eigenvalue weighted by Crippen LogP contribution is 2.23. The zero-order valence-corrected chi connectivity index (χ0v) is 16.9. The quantitative estimate of drug-likeness (QED) is 0.574. The highest BCUT2D eigenvalue weighted by molar-refractivity contribution is 7.91. The van der Waals surface area contributed by atoms with E-state index in [2.05, 4.69) is 5.32 Å². The summed E-state index contributed by atoms with van der Waals surface area (Å²) in [6.45, 7) is -0.290. The van der Waals surface area contributed by atoms with Gasteiger partial charge in [-0.15, -0.1) is 11.3 Å². The molecule has 1 aromatic heterocycles. The van der Waals surface area contributed by atoms with Crippen LogP contribution >= 0.6 is 11.3 Å². The molecule has 2 amide bonds. The molecular weight excluding hydrogens is 410 g/mol. The monoisotopic (exact) mass is 429 g/mol. The third-order valence-corrected chi connectivity index (χ3v) is 7.23. The third kappa shape index (κ3) is 5.29. The molecule has 0 aliphatic heterocycles. The number of nitrogens with zero attached hydrogens (tertiary/aromatic N) is 1. The first-order valence-electron chi connectivity index (χ1n) is 8.63. The number of primary amides is 1. The van der Waals surface area contributed by atoms with Gasteiger partial charge in [0, 0.05) is 17.8 Å². The van der Waals surface area contributed by atoms with Crippen molar-refractivity contribution in [2.24, 2.45) is 5.73 Å². The first kappa shape index (κ1) is 20.7. The molecule has 0 bridgehead atoms. The summed E-state index contributed by atoms with van der Waals surface area (Å²) >= 11 is 1.10. The minimum atomic E-state index is -3.83. The largest absolute Gasteiger partial charge is 0.366 e. The van der Waals surface area contributed by atoms with Crippen molar-refractivity contribution in [1.29, 1.82) is 0 Å². The minimum Gasteiger partial charge on any atom is -0.366 e. The lowest BCUT2D eigenvalue weighted by molar-refractivity contribution is -0.116. The number of nitrogens with two attached hydrogens (primary N) is 1. The highest BCUT2D eigenvalue weighted by atomic mass is 32.2. The Morgan fingerprint density at radius 1 is 0.966 bits per heavy atom. The first-order chi connectivity index (χ1) is 13.9. The van der Waals surface area contributed by atoms with E-state index in [9.17, 15) is 18.0 Å². The van der Waals surface area contributed by atoms with Crippen molar-refractivity contribution < 1.29 is 18.0 Å². The molecule has 0 aliphatic rings. The van der Waals surface area contributed by atoms with Crippen LogP contribution in [-0.2, 0) is 21.4 Å². The zero-order chi connectivity index (χ0) is 20.9. The Morgan fingerprint density at radius 3 is 2.24 bits per heavy atom. The Balaban J connectivity index is 1.78. The number of amides is 2. The van der Waals surface area contributed by atoms with Crippen molar-refractivity contribution in [3.05, 3.63) is 83.2 Å². The van der Waals surface area contributed by atoms with E-state index in [1.807, 2.05) is 18.2 Å². The number of benzene rings is 2. The van der Waals surface area contributed by atoms with E-state index < -0.39 is 21.8 Å². The molecule has 0 saturated heterocycles. The fraction of sp³-hybridized carbons (Fsp3) is 0.100. The highest BCUT2D eigenvalue weighted by Gasteiger charge is 2.27. The molecule has 3 aromatic rings. The molecule has 0 saturated carbocycles. The van der Waals surface area contributed by atoms with Crippen molar-refractivity contribution in [1.82, 2.24) is 4.31 Å². The van der Waals surface area contributed by atoms with Crippen molar-refractivity contribution in [2.45, 2.75) is 10.8 Å². The molecule has 0 aliphatic carbocycles. The fourth-order valence-corrected chi connectivity index (χ4v) is 5.16. The van der Waals surface area contributed by atoms with Crippen molar-refractivity contribution in [3.8, 4) is 0 Å². The van der Waals surface area contributed by atoms with Gasteiger partial charge in [-0.2, -0.15) is 4.31 Å². The summed E-state index contributed by atoms with van der Waals surface area (Å²) in [5, 5.41) is 4.32. The summed E-state index contributed by atoms with van der Waals surface area (Å²) in [5.74, 6) is -1.06. The normalized spacial score (nSPS) is 11.3. The first-order valence-corrected chi connectivity index (χ1v) is 11.0. The van der Waals surface area contributed by atoms with E-state index in [0.717, 1.165) is 21.2 Å². The second-order valence-electron chi connectivity index (χ2n) is 6.18. The van der Waals surface area contributed by atoms with Gasteiger partial charge in [0.15, 0.2) is 0 Å². The van der Waals surface area contributed by atoms with Crippen molar-refractivity contribution >= 4 is 38.9 Å². The number of carbonyl (C=O) groups is 2. The molecule has 0 spiro atoms. The molecule has 1 heterocycles. The van der Waals surface area contributed by atoms with E-state index in [1.54, 1.807) is 23.6 Å². The van der Waals surface area contributed by atoms with Crippen molar-refractivity contribution in [3.63, 3.8) is 0 Å². The van der Waals surface area contributed by atoms with Crippen LogP contribution in [-0.4, -0.2) is 31.1 Å². The van der Waals surface area contributed by atoms with Gasteiger partial charge >= 0.3 is 0 Å². The predicted octanol–water partition coefficient (Wildman–Crippen LogP) is 2.68. The van der Waals surface area contributed by atoms with Gasteiger partial charge in [0.25, 0.3) is 10.0 Å². The summed E-state index contributed by atoms with van der Waals surface area (Å²) in [7, 11) is -3.83. The number of sulfonamides is 1. The van der Waals surface area contributed by atoms with Gasteiger partial charge in [-0.25, -0.2) is 8.42 Å². The molecule has 7 nitrogen and oxygen atoms in total. The second kappa shape index (κ2) is 8.99. The molecular formula is C20H19N3O4S2. The molecule has 9 heteroatoms. The third-order valence-electron chi connectivity index (χ3n) is 4.06. The van der Waals surface area contributed by atoms with Gasteiger partial charge < -0.3 is 11.1 Å². The maximum absolute atomic E-state index is 13.0. The van der Waals surface area contributed by atoms with Gasteiger partial charge in [0.2, 0.25) is 11.8 Å². The van der Waals surface area contributed by atoms with Crippen LogP contribution in [0.25, 0.3) is 0 Å². The summed E-state index contributed by atoms with van der Waals surface area (Å²) in [5.41, 5.74) is 6.72. The molecule has 0 radical (unpaired) electrons. The lowest BCUT2D eigenvalue weighted by atomic mass is 10.2. The Kier molecular flexibility index (Phi) is 6.42. The van der Waals surface area contributed by atoms with E-state index >= 15 is 0 Å². The van der Waals surface area contributed by atoms with E-state index in [-0.39, 0.29) is 17.3 Å². The number of carbonyl (C=O) groups excluding carboxylic acids is 2. The lowest BCUT2D eigenvalue weighted by Crippen LogP contribution is -2.37. The van der Waals surface area contributed by atoms with Crippen LogP contribution in [0.3, 0.4) is 0 Å². The Morgan fingerprint density at radius 2 is 1.66 bits per heavy atom. The molecule has 2 aromatic carbocycles. The van der Waals surface area contributed by atoms with Gasteiger partial charge in [0.1, 0.15) is 4.21 Å². The Labute approximate surface area is 172 Å². The van der Waals surface area contributed by atoms with Gasteiger partial charge in [-0.1, -0.05) is 36.4 Å². The average Bonchev–Trinajstić information content (AvgIpc) is 3.24. The molecule has 0 atom stereocenters. The smallest absolute Gasteiger partial charge is 0.253 e. The lowest BCUT2D eigenvalue weighted by Gasteiger charge is -2.21. The van der Waals surface area contributed by atoms with Gasteiger partial charge in [-0.3, -0.25) is 9.59 Å². The van der Waals surface area contributed by atoms with Crippen LogP contribution < -0.4 is 11.1 Å². The number of thiophene rings is 1. The number of anilines is 1. The molecule has 3 N–H and O–H groups in total. The van der Waals surface area contributed by atoms with Crippen molar-refractivity contribution in [2.75, 3.05) is 11.9 Å². The average molecular weight is 430 g/mol. The minimum absolute atomic E-state index is 0.0646. The Hall–Kier alpha value is -3.01. The molecule has 0 unspecified atom stereocenters. The number of nitrogens with one attached hydrogen (secondary N) is 1. The molecule has 29 heavy (non-hydrogen) atoms. The van der Waals surface area contributed by atoms with Crippen LogP contribution in [0.5, 0.6) is 0 Å². The fourth-order valence-electron chi connectivity index (χ4n) is 2.63. The van der Waals surface area contributed by atoms with Gasteiger partial charge in [0.05, 0.1) is 6.54 Å². The molecule has 0 fully saturated rings. The standard InChI is InChI=1S/C20H19N3O4S2/c21-20(25)16-8-10-17(11-9-16)22-18(24)14-23(13-15-5-2-1-3-6-15)29(26,27)19-7-4-12-28-19/h1-12H,13-14H2,(H2,21,25)(H,22,24). The summed E-state index contributed by atoms with van der Waals surface area (Å²) in [6.07, 6.45) is 0. The second-order valence-corrected chi connectivity index (χ2v) is 9.29. The zero-order valence-electron chi connectivity index (χ0n) is 15.3. The van der Waals surface area contributed by atoms with E-state index in [4.69, 9.17) is 5.73 Å². The number of hydrogen-bond acceptors (Lipinski definition) is 5. The summed E-state index contributed by atoms with van der Waals surface area (Å²) < 4.78 is 27.3. The van der Waals surface area contributed by atoms with Gasteiger partial charge in [-0.05, 0) is 41.3 Å². The molecule has 150 valence electrons. The van der Waals surface area contributed by atoms with Crippen LogP contribution in [0.1, 0.15) is 15.9 Å². The van der Waals surface area contributed by atoms with Crippen LogP contribution in [0.2, 0.25) is 0 Å². The summed E-state index contributed by atoms with van der Waals surface area (Å²) in [4.78, 5) is 23.7. The summed E-state index contributed by atoms with van der Waals surface area (Å²) in [6, 6.07) is 18.3. The maximum Gasteiger partial charge on any atom is 0.253 e. The maximum atomic E-state index is 13.0. The van der Waals surface area contributed by atoms with E-state index in [1.165, 1.54) is 30.3 Å². The Bertz CT molecular complexity index is 1080. The number of hydrogen-bond donors (Lipinski definition) is 2. The van der Waals surface area contributed by atoms with Crippen LogP contribution in [0, 0.1) is 0 Å². The van der Waals surface area contributed by atoms with Crippen LogP contribution in [0.15, 0.2) is 76.3 Å². The van der Waals surface area contributed by atoms with E-state index in [0.29, 0.717) is 11.3 Å². The SMILES string of the molecule is NC(=O)c1ccc(NC(=O)CN(Cc2ccccc2)S(=O)(=O)c2cccs2)cc1.